The molecule has 6 saturated heterocycles. The molecule has 1 unspecified atom stereocenters. The lowest BCUT2D eigenvalue weighted by atomic mass is 10.0. The summed E-state index contributed by atoms with van der Waals surface area (Å²) in [5.41, 5.74) is 1.57. The first kappa shape index (κ1) is 61.7. The number of rotatable bonds is 23. The van der Waals surface area contributed by atoms with Crippen LogP contribution in [0.25, 0.3) is 0 Å². The van der Waals surface area contributed by atoms with Gasteiger partial charge in [0.15, 0.2) is 8.32 Å². The number of hydrogen-bond acceptors (Lipinski definition) is 15. The summed E-state index contributed by atoms with van der Waals surface area (Å²) in [6, 6.07) is 4.79. The fourth-order valence-electron chi connectivity index (χ4n) is 16.9. The van der Waals surface area contributed by atoms with Crippen molar-refractivity contribution in [2.45, 2.75) is 295 Å². The van der Waals surface area contributed by atoms with Gasteiger partial charge in [0.25, 0.3) is 0 Å². The van der Waals surface area contributed by atoms with E-state index < -0.39 is 79.0 Å². The van der Waals surface area contributed by atoms with Crippen LogP contribution in [0.15, 0.2) is 12.1 Å². The van der Waals surface area contributed by atoms with E-state index in [1.165, 1.54) is 12.8 Å². The lowest BCUT2D eigenvalue weighted by Crippen LogP contribution is -2.91. The second-order valence-corrected chi connectivity index (χ2v) is 58.0. The monoisotopic (exact) mass is 1330 g/mol. The van der Waals surface area contributed by atoms with Crippen molar-refractivity contribution in [1.82, 2.24) is 0 Å². The van der Waals surface area contributed by atoms with Crippen molar-refractivity contribution in [3.63, 3.8) is 0 Å². The van der Waals surface area contributed by atoms with Gasteiger partial charge in [-0.3, -0.25) is 0 Å². The van der Waals surface area contributed by atoms with Crippen molar-refractivity contribution < 1.29 is 63.0 Å². The van der Waals surface area contributed by atoms with Gasteiger partial charge in [-0.25, -0.2) is 0 Å². The van der Waals surface area contributed by atoms with E-state index in [1.807, 2.05) is 12.1 Å². The molecular weight excluding hydrogens is 1240 g/mol. The lowest BCUT2D eigenvalue weighted by Gasteiger charge is -2.66. The van der Waals surface area contributed by atoms with Gasteiger partial charge in [0.1, 0.15) is 11.5 Å². The Bertz CT molecular complexity index is 2170. The fraction of sp³-hybridized carbons (Fsp3) is 0.893. The molecule has 7 aliphatic carbocycles. The fourth-order valence-corrected chi connectivity index (χ4v) is 76.3. The molecule has 6 heterocycles. The summed E-state index contributed by atoms with van der Waals surface area (Å²) < 4.78 is 124. The van der Waals surface area contributed by atoms with Crippen LogP contribution < -0.4 is 9.47 Å². The summed E-state index contributed by atoms with van der Waals surface area (Å²) in [6.07, 6.45) is 33.1. The molecule has 0 spiro atoms. The third-order valence-corrected chi connectivity index (χ3v) is 64.8. The maximum Gasteiger partial charge on any atom is 0.646 e. The summed E-state index contributed by atoms with van der Waals surface area (Å²) in [5.74, 6) is 2.62. The van der Waals surface area contributed by atoms with Gasteiger partial charge in [0.05, 0.1) is 25.0 Å². The molecule has 0 radical (unpaired) electrons. The van der Waals surface area contributed by atoms with Crippen LogP contribution in [-0.2, 0) is 65.3 Å². The number of alkyl halides is 2. The maximum atomic E-state index is 8.58. The first-order valence-corrected chi connectivity index (χ1v) is 51.8. The molecule has 0 N–H and O–H groups in total. The number of hydrogen-bond donors (Lipinski definition) is 0. The highest BCUT2D eigenvalue weighted by molar-refractivity contribution is 7.04. The molecule has 1 aromatic carbocycles. The molecule has 15 nitrogen and oxygen atoms in total. The Hall–Kier alpha value is 0.832. The van der Waals surface area contributed by atoms with Gasteiger partial charge in [-0.1, -0.05) is 123 Å². The molecule has 13 aliphatic rings. The summed E-state index contributed by atoms with van der Waals surface area (Å²) in [6.45, 7) is 10.2. The van der Waals surface area contributed by atoms with E-state index in [-0.39, 0.29) is 38.8 Å². The molecule has 26 heteroatoms. The predicted octanol–water partition coefficient (Wildman–Crippen LogP) is 16.6. The zero-order chi connectivity index (χ0) is 56.3. The lowest BCUT2D eigenvalue weighted by molar-refractivity contribution is -0.0610. The highest BCUT2D eigenvalue weighted by Crippen LogP contribution is 2.66. The van der Waals surface area contributed by atoms with Crippen LogP contribution >= 0.6 is 23.2 Å². The van der Waals surface area contributed by atoms with Crippen molar-refractivity contribution in [3.8, 4) is 11.5 Å². The van der Waals surface area contributed by atoms with Crippen molar-refractivity contribution >= 4 is 102 Å². The first-order chi connectivity index (χ1) is 39.8. The minimum atomic E-state index is -4.63. The number of unbranched alkanes of at least 4 members (excludes halogenated alkanes) is 1. The quantitative estimate of drug-likeness (QED) is 0.0583. The third kappa shape index (κ3) is 11.8. The SMILES string of the molecule is CCCCC(CC)COc1cc(CCl)c(OCCC[Si](C)(C)O[Si]23O[Si]4(C5CCCC5)O[Si]5(C6CCCC6)O[Si](C6CCCC6)(O2)O[Si]2(C6CCCC6)O[Si](C6CCCC6)(O3)O[Si](C3CCCC3)(O4)O[Si](C3CCCC3)(O5)O2)cc1CCl. The Balaban J connectivity index is 0.934. The number of halogens is 2. The smallest absolute Gasteiger partial charge is 0.493 e. The number of benzene rings is 1. The molecule has 462 valence electrons. The molecule has 8 bridgehead atoms. The number of ether oxygens (including phenoxy) is 2. The van der Waals surface area contributed by atoms with Crippen molar-refractivity contribution in [2.24, 2.45) is 5.92 Å². The van der Waals surface area contributed by atoms with Crippen LogP contribution in [-0.4, -0.2) is 92.2 Å². The van der Waals surface area contributed by atoms with Gasteiger partial charge >= 0.3 is 70.7 Å². The van der Waals surface area contributed by atoms with Crippen LogP contribution in [0.5, 0.6) is 11.5 Å². The average Bonchev–Trinajstić information content (AvgIpc) is 3.30. The highest BCUT2D eigenvalue weighted by Gasteiger charge is 2.89. The molecule has 0 amide bonds. The van der Waals surface area contributed by atoms with Gasteiger partial charge in [-0.15, -0.1) is 23.2 Å². The first-order valence-electron chi connectivity index (χ1n) is 33.4. The Labute approximate surface area is 511 Å². The molecule has 14 rings (SSSR count). The Morgan fingerprint density at radius 1 is 0.439 bits per heavy atom. The van der Waals surface area contributed by atoms with Crippen LogP contribution in [0.4, 0.5) is 0 Å². The van der Waals surface area contributed by atoms with Gasteiger partial charge in [0, 0.05) is 49.9 Å². The minimum absolute atomic E-state index is 0.00995. The van der Waals surface area contributed by atoms with Crippen LogP contribution in [0.1, 0.15) is 237 Å². The zero-order valence-corrected chi connectivity index (χ0v) is 60.5. The van der Waals surface area contributed by atoms with Gasteiger partial charge in [-0.05, 0) is 140 Å². The predicted molar refractivity (Wildman–Crippen MR) is 332 cm³/mol. The van der Waals surface area contributed by atoms with E-state index in [9.17, 15) is 0 Å². The second-order valence-electron chi connectivity index (χ2n) is 27.7. The minimum Gasteiger partial charge on any atom is -0.493 e. The summed E-state index contributed by atoms with van der Waals surface area (Å²) in [5, 5.41) is 0. The molecule has 0 aromatic heterocycles. The standard InChI is InChI=1S/C56H98Cl2O15Si9/c1-5-7-23-45(6-2)44-60-56-41-46(42-57)55(40-47(56)43-58)59-38-22-39-74(3,4)61-82-71-79(52-32-16-17-33-52)65-76(49-26-10-11-27-49)62-75(48-24-8-9-25-48)63-77(67-79,50-28-12-13-29-50)69-81(73-82,54-36-20-21-37-54)70-78(64-75,51-30-14-15-31-51)68-80(66-76,72-82)53-34-18-19-35-53/h40-41,45,48-54H,5-39,42-44H2,1-4H3. The molecule has 82 heavy (non-hydrogen) atoms. The van der Waals surface area contributed by atoms with E-state index >= 15 is 0 Å². The average molecular weight is 1340 g/mol. The molecular formula is C56H98Cl2O15Si9. The Kier molecular flexibility index (Phi) is 18.9. The summed E-state index contributed by atoms with van der Waals surface area (Å²) in [4.78, 5) is 0. The van der Waals surface area contributed by atoms with Gasteiger partial charge in [-0.2, -0.15) is 0 Å². The van der Waals surface area contributed by atoms with Crippen molar-refractivity contribution in [3.05, 3.63) is 23.3 Å². The normalized spacial score (nSPS) is 39.4. The van der Waals surface area contributed by atoms with Crippen molar-refractivity contribution in [1.29, 1.82) is 0 Å². The van der Waals surface area contributed by atoms with E-state index in [2.05, 4.69) is 26.9 Å². The Morgan fingerprint density at radius 2 is 0.732 bits per heavy atom. The van der Waals surface area contributed by atoms with Crippen LogP contribution in [0.3, 0.4) is 0 Å². The van der Waals surface area contributed by atoms with Crippen LogP contribution in [0.2, 0.25) is 57.9 Å². The summed E-state index contributed by atoms with van der Waals surface area (Å²) in [7, 11) is -36.2. The zero-order valence-electron chi connectivity index (χ0n) is 50.0. The van der Waals surface area contributed by atoms with Gasteiger partial charge < -0.3 is 63.0 Å². The van der Waals surface area contributed by atoms with E-state index in [4.69, 9.17) is 86.2 Å². The largest absolute Gasteiger partial charge is 0.646 e. The second kappa shape index (κ2) is 25.1. The molecule has 1 aromatic rings. The third-order valence-electron chi connectivity index (χ3n) is 21.5. The molecule has 6 aliphatic heterocycles. The van der Waals surface area contributed by atoms with E-state index in [0.717, 1.165) is 221 Å². The Morgan fingerprint density at radius 3 is 1.01 bits per heavy atom. The van der Waals surface area contributed by atoms with E-state index in [0.29, 0.717) is 37.3 Å². The maximum absolute atomic E-state index is 8.58. The molecule has 1 atom stereocenters. The molecule has 7 saturated carbocycles. The topological polar surface area (TPSA) is 138 Å². The van der Waals surface area contributed by atoms with Crippen LogP contribution in [0, 0.1) is 5.92 Å². The van der Waals surface area contributed by atoms with E-state index in [1.54, 1.807) is 0 Å². The van der Waals surface area contributed by atoms with Crippen molar-refractivity contribution in [2.75, 3.05) is 13.2 Å². The highest BCUT2D eigenvalue weighted by atomic mass is 35.5. The summed E-state index contributed by atoms with van der Waals surface area (Å²) >= 11 is 13.3. The molecule has 13 fully saturated rings. The van der Waals surface area contributed by atoms with Gasteiger partial charge in [0.2, 0.25) is 0 Å².